The number of aliphatic carboxylic acids is 1. The van der Waals surface area contributed by atoms with Crippen molar-refractivity contribution in [2.75, 3.05) is 13.1 Å². The number of likely N-dealkylation sites (tertiary alicyclic amines) is 1. The van der Waals surface area contributed by atoms with E-state index in [2.05, 4.69) is 5.32 Å². The van der Waals surface area contributed by atoms with Gasteiger partial charge in [0.1, 0.15) is 12.4 Å². The van der Waals surface area contributed by atoms with Gasteiger partial charge in [-0.1, -0.05) is 18.6 Å². The molecule has 5 nitrogen and oxygen atoms in total. The summed E-state index contributed by atoms with van der Waals surface area (Å²) in [7, 11) is 0. The molecule has 2 N–H and O–H groups in total. The van der Waals surface area contributed by atoms with Crippen LogP contribution >= 0.6 is 0 Å². The van der Waals surface area contributed by atoms with Gasteiger partial charge in [0.05, 0.1) is 6.04 Å². The van der Waals surface area contributed by atoms with Crippen molar-refractivity contribution in [1.82, 2.24) is 10.2 Å². The van der Waals surface area contributed by atoms with Crippen molar-refractivity contribution in [3.05, 3.63) is 35.6 Å². The van der Waals surface area contributed by atoms with Gasteiger partial charge in [-0.25, -0.2) is 4.39 Å². The number of hydrogen-bond acceptors (Lipinski definition) is 3. The lowest BCUT2D eigenvalue weighted by atomic mass is 10.0. The summed E-state index contributed by atoms with van der Waals surface area (Å²) in [5.41, 5.74) is 0.939. The summed E-state index contributed by atoms with van der Waals surface area (Å²) in [5, 5.41) is 11.1. The number of amides is 1. The zero-order chi connectivity index (χ0) is 15.2. The molecule has 1 aromatic carbocycles. The largest absolute Gasteiger partial charge is 0.480 e. The van der Waals surface area contributed by atoms with Crippen molar-refractivity contribution in [2.24, 2.45) is 0 Å². The highest BCUT2D eigenvalue weighted by Crippen LogP contribution is 2.20. The van der Waals surface area contributed by atoms with Crippen molar-refractivity contribution in [2.45, 2.75) is 31.8 Å². The molecule has 1 aliphatic rings. The van der Waals surface area contributed by atoms with E-state index in [0.717, 1.165) is 24.9 Å². The number of halogens is 1. The van der Waals surface area contributed by atoms with Crippen LogP contribution in [0, 0.1) is 5.82 Å². The Kier molecular flexibility index (Phi) is 5.27. The maximum atomic E-state index is 12.9. The van der Waals surface area contributed by atoms with Crippen LogP contribution in [-0.4, -0.2) is 41.0 Å². The predicted octanol–water partition coefficient (Wildman–Crippen LogP) is 1.38. The lowest BCUT2D eigenvalue weighted by molar-refractivity contribution is -0.139. The number of carbonyl (C=O) groups excluding carboxylic acids is 1. The van der Waals surface area contributed by atoms with E-state index in [9.17, 15) is 14.0 Å². The minimum atomic E-state index is -1.05. The molecule has 1 heterocycles. The highest BCUT2D eigenvalue weighted by atomic mass is 19.1. The van der Waals surface area contributed by atoms with Gasteiger partial charge in [0.25, 0.3) is 0 Å². The van der Waals surface area contributed by atoms with Gasteiger partial charge in [-0.05, 0) is 37.1 Å². The molecular weight excluding hydrogens is 275 g/mol. The Morgan fingerprint density at radius 3 is 2.67 bits per heavy atom. The van der Waals surface area contributed by atoms with Crippen molar-refractivity contribution >= 4 is 11.9 Å². The zero-order valence-electron chi connectivity index (χ0n) is 11.7. The van der Waals surface area contributed by atoms with E-state index in [4.69, 9.17) is 5.11 Å². The lowest BCUT2D eigenvalue weighted by Crippen LogP contribution is -2.49. The Morgan fingerprint density at radius 1 is 1.29 bits per heavy atom. The topological polar surface area (TPSA) is 69.6 Å². The molecule has 1 fully saturated rings. The average molecular weight is 294 g/mol. The zero-order valence-corrected chi connectivity index (χ0v) is 11.7. The smallest absolute Gasteiger partial charge is 0.322 e. The van der Waals surface area contributed by atoms with Gasteiger partial charge in [0.2, 0.25) is 5.91 Å². The van der Waals surface area contributed by atoms with E-state index in [1.54, 1.807) is 12.1 Å². The molecule has 21 heavy (non-hydrogen) atoms. The molecule has 1 aromatic rings. The molecule has 1 saturated heterocycles. The molecule has 0 unspecified atom stereocenters. The van der Waals surface area contributed by atoms with E-state index in [-0.39, 0.29) is 24.3 Å². The number of carboxylic acids is 1. The molecule has 1 aliphatic heterocycles. The number of carbonyl (C=O) groups is 2. The molecule has 2 rings (SSSR count). The molecule has 0 radical (unpaired) electrons. The minimum absolute atomic E-state index is 0.251. The maximum absolute atomic E-state index is 12.9. The van der Waals surface area contributed by atoms with E-state index in [1.165, 1.54) is 12.1 Å². The van der Waals surface area contributed by atoms with Crippen molar-refractivity contribution in [3.63, 3.8) is 0 Å². The molecule has 114 valence electrons. The Labute approximate surface area is 122 Å². The highest BCUT2D eigenvalue weighted by molar-refractivity contribution is 5.85. The summed E-state index contributed by atoms with van der Waals surface area (Å²) in [4.78, 5) is 24.6. The summed E-state index contributed by atoms with van der Waals surface area (Å²) in [6, 6.07) is 5.90. The summed E-state index contributed by atoms with van der Waals surface area (Å²) in [6.07, 6.45) is 2.67. The van der Waals surface area contributed by atoms with Gasteiger partial charge >= 0.3 is 5.97 Å². The molecule has 6 heteroatoms. The normalized spacial score (nSPS) is 19.2. The second kappa shape index (κ2) is 7.17. The first-order valence-electron chi connectivity index (χ1n) is 7.04. The number of benzene rings is 1. The fourth-order valence-electron chi connectivity index (χ4n) is 2.58. The van der Waals surface area contributed by atoms with Gasteiger partial charge in [0, 0.05) is 6.54 Å². The quantitative estimate of drug-likeness (QED) is 0.861. The van der Waals surface area contributed by atoms with Gasteiger partial charge in [-0.3, -0.25) is 14.5 Å². The number of nitrogens with one attached hydrogen (secondary N) is 1. The standard InChI is InChI=1S/C15H19FN2O3/c16-12-6-4-11(5-7-12)10-18-8-2-1-3-13(18)15(21)17-9-14(19)20/h4-7,13H,1-3,8-10H2,(H,17,21)(H,19,20)/t13-/m1/s1. The summed E-state index contributed by atoms with van der Waals surface area (Å²) < 4.78 is 12.9. The van der Waals surface area contributed by atoms with Crippen molar-refractivity contribution in [3.8, 4) is 0 Å². The number of hydrogen-bond donors (Lipinski definition) is 2. The molecule has 0 saturated carbocycles. The molecule has 0 spiro atoms. The summed E-state index contributed by atoms with van der Waals surface area (Å²) in [5.74, 6) is -1.59. The van der Waals surface area contributed by atoms with Crippen molar-refractivity contribution < 1.29 is 19.1 Å². The first-order valence-corrected chi connectivity index (χ1v) is 7.04. The summed E-state index contributed by atoms with van der Waals surface area (Å²) in [6.45, 7) is 0.980. The fourth-order valence-corrected chi connectivity index (χ4v) is 2.58. The first-order chi connectivity index (χ1) is 10.1. The van der Waals surface area contributed by atoms with E-state index in [0.29, 0.717) is 13.0 Å². The SMILES string of the molecule is O=C(O)CNC(=O)[C@H]1CCCCN1Cc1ccc(F)cc1. The number of carboxylic acid groups (broad SMARTS) is 1. The van der Waals surface area contributed by atoms with Gasteiger partial charge in [-0.2, -0.15) is 0 Å². The fraction of sp³-hybridized carbons (Fsp3) is 0.467. The van der Waals surface area contributed by atoms with Crippen LogP contribution in [0.3, 0.4) is 0 Å². The molecule has 0 aromatic heterocycles. The number of nitrogens with zero attached hydrogens (tertiary/aromatic N) is 1. The second-order valence-corrected chi connectivity index (χ2v) is 5.22. The third-order valence-corrected chi connectivity index (χ3v) is 3.63. The predicted molar refractivity (Wildman–Crippen MR) is 75.1 cm³/mol. The molecular formula is C15H19FN2O3. The third kappa shape index (κ3) is 4.53. The molecule has 1 amide bonds. The maximum Gasteiger partial charge on any atom is 0.322 e. The van der Waals surface area contributed by atoms with E-state index in [1.807, 2.05) is 4.90 Å². The lowest BCUT2D eigenvalue weighted by Gasteiger charge is -2.34. The van der Waals surface area contributed by atoms with Crippen LogP contribution in [0.4, 0.5) is 4.39 Å². The first kappa shape index (κ1) is 15.4. The Bertz CT molecular complexity index is 504. The van der Waals surface area contributed by atoms with Gasteiger partial charge in [0.15, 0.2) is 0 Å². The van der Waals surface area contributed by atoms with Crippen LogP contribution in [0.25, 0.3) is 0 Å². The van der Waals surface area contributed by atoms with Crippen LogP contribution in [0.5, 0.6) is 0 Å². The molecule has 1 atom stereocenters. The molecule has 0 aliphatic carbocycles. The van der Waals surface area contributed by atoms with Crippen LogP contribution < -0.4 is 5.32 Å². The average Bonchev–Trinajstić information content (AvgIpc) is 2.48. The van der Waals surface area contributed by atoms with E-state index < -0.39 is 5.97 Å². The third-order valence-electron chi connectivity index (χ3n) is 3.63. The molecule has 0 bridgehead atoms. The Hall–Kier alpha value is -1.95. The van der Waals surface area contributed by atoms with Crippen LogP contribution in [0.15, 0.2) is 24.3 Å². The van der Waals surface area contributed by atoms with Crippen LogP contribution in [0.2, 0.25) is 0 Å². The monoisotopic (exact) mass is 294 g/mol. The second-order valence-electron chi connectivity index (χ2n) is 5.22. The van der Waals surface area contributed by atoms with Gasteiger partial charge in [-0.15, -0.1) is 0 Å². The van der Waals surface area contributed by atoms with Crippen LogP contribution in [0.1, 0.15) is 24.8 Å². The number of rotatable bonds is 5. The Balaban J connectivity index is 1.99. The number of piperidine rings is 1. The minimum Gasteiger partial charge on any atom is -0.480 e. The summed E-state index contributed by atoms with van der Waals surface area (Å²) >= 11 is 0. The van der Waals surface area contributed by atoms with Crippen LogP contribution in [-0.2, 0) is 16.1 Å². The Morgan fingerprint density at radius 2 is 2.00 bits per heavy atom. The van der Waals surface area contributed by atoms with E-state index >= 15 is 0 Å². The highest BCUT2D eigenvalue weighted by Gasteiger charge is 2.28. The van der Waals surface area contributed by atoms with Gasteiger partial charge < -0.3 is 10.4 Å². The van der Waals surface area contributed by atoms with Crippen molar-refractivity contribution in [1.29, 1.82) is 0 Å².